The molecule has 1 aromatic carbocycles. The highest BCUT2D eigenvalue weighted by Crippen LogP contribution is 2.30. The van der Waals surface area contributed by atoms with E-state index in [2.05, 4.69) is 0 Å². The first-order chi connectivity index (χ1) is 8.72. The van der Waals surface area contributed by atoms with Gasteiger partial charge in [-0.3, -0.25) is 0 Å². The number of nitrogens with zero attached hydrogens (tertiary/aromatic N) is 1. The summed E-state index contributed by atoms with van der Waals surface area (Å²) in [6, 6.07) is 4.36. The van der Waals surface area contributed by atoms with Crippen LogP contribution in [-0.2, 0) is 10.0 Å². The van der Waals surface area contributed by atoms with Crippen LogP contribution in [0, 0.1) is 0 Å². The van der Waals surface area contributed by atoms with E-state index in [1.807, 2.05) is 0 Å². The molecule has 0 aliphatic carbocycles. The summed E-state index contributed by atoms with van der Waals surface area (Å²) in [6.45, 7) is 2.09. The van der Waals surface area contributed by atoms with Crippen molar-refractivity contribution in [2.24, 2.45) is 0 Å². The summed E-state index contributed by atoms with van der Waals surface area (Å²) in [5.41, 5.74) is 4.88. The molecular formula is C12H17ClN2O3S. The van der Waals surface area contributed by atoms with E-state index in [9.17, 15) is 13.5 Å². The number of piperidine rings is 1. The summed E-state index contributed by atoms with van der Waals surface area (Å²) < 4.78 is 26.3. The lowest BCUT2D eigenvalue weighted by Crippen LogP contribution is -2.48. The van der Waals surface area contributed by atoms with Crippen molar-refractivity contribution >= 4 is 27.3 Å². The van der Waals surface area contributed by atoms with Crippen LogP contribution in [0.4, 0.5) is 5.69 Å². The van der Waals surface area contributed by atoms with E-state index in [0.29, 0.717) is 24.4 Å². The Morgan fingerprint density at radius 2 is 2.16 bits per heavy atom. The molecule has 106 valence electrons. The largest absolute Gasteiger partial charge is 0.398 e. The highest BCUT2D eigenvalue weighted by Gasteiger charge is 2.36. The molecule has 7 heteroatoms. The molecule has 1 aliphatic heterocycles. The van der Waals surface area contributed by atoms with E-state index in [0.717, 1.165) is 0 Å². The van der Waals surface area contributed by atoms with Gasteiger partial charge in [0, 0.05) is 18.1 Å². The van der Waals surface area contributed by atoms with Gasteiger partial charge in [-0.15, -0.1) is 0 Å². The van der Waals surface area contributed by atoms with Crippen molar-refractivity contribution in [1.29, 1.82) is 0 Å². The topological polar surface area (TPSA) is 83.6 Å². The van der Waals surface area contributed by atoms with Crippen LogP contribution in [-0.4, -0.2) is 36.5 Å². The molecule has 19 heavy (non-hydrogen) atoms. The molecule has 5 nitrogen and oxygen atoms in total. The molecule has 1 fully saturated rings. The number of hydrogen-bond donors (Lipinski definition) is 2. The molecule has 1 heterocycles. The van der Waals surface area contributed by atoms with Gasteiger partial charge in [-0.2, -0.15) is 4.31 Å². The molecule has 1 saturated heterocycles. The number of benzene rings is 1. The number of hydrogen-bond acceptors (Lipinski definition) is 4. The van der Waals surface area contributed by atoms with Gasteiger partial charge < -0.3 is 10.8 Å². The maximum absolute atomic E-state index is 12.5. The molecule has 1 atom stereocenters. The van der Waals surface area contributed by atoms with Gasteiger partial charge in [-0.25, -0.2) is 8.42 Å². The van der Waals surface area contributed by atoms with E-state index in [-0.39, 0.29) is 17.1 Å². The smallest absolute Gasteiger partial charge is 0.245 e. The van der Waals surface area contributed by atoms with Crippen molar-refractivity contribution < 1.29 is 13.5 Å². The Kier molecular flexibility index (Phi) is 3.79. The average molecular weight is 305 g/mol. The number of aliphatic hydroxyl groups is 1. The van der Waals surface area contributed by atoms with Crippen molar-refractivity contribution in [1.82, 2.24) is 4.31 Å². The first-order valence-corrected chi connectivity index (χ1v) is 7.82. The number of anilines is 1. The summed E-state index contributed by atoms with van der Waals surface area (Å²) in [6.07, 6.45) is 1.21. The minimum atomic E-state index is -3.72. The fourth-order valence-corrected chi connectivity index (χ4v) is 4.22. The monoisotopic (exact) mass is 304 g/mol. The van der Waals surface area contributed by atoms with Crippen LogP contribution in [0.5, 0.6) is 0 Å². The van der Waals surface area contributed by atoms with Gasteiger partial charge in [0.2, 0.25) is 10.0 Å². The number of nitrogen functional groups attached to an aromatic ring is 1. The fraction of sp³-hybridized carbons (Fsp3) is 0.500. The van der Waals surface area contributed by atoms with Crippen molar-refractivity contribution in [2.45, 2.75) is 30.3 Å². The Balaban J connectivity index is 2.39. The molecule has 0 spiro atoms. The SMILES string of the molecule is CC1(O)CCCN(S(=O)(=O)c2cc(Cl)ccc2N)C1. The fourth-order valence-electron chi connectivity index (χ4n) is 2.25. The molecule has 1 aromatic rings. The van der Waals surface area contributed by atoms with E-state index < -0.39 is 15.6 Å². The predicted molar refractivity (Wildman–Crippen MR) is 74.5 cm³/mol. The molecular weight excluding hydrogens is 288 g/mol. The van der Waals surface area contributed by atoms with Crippen LogP contribution < -0.4 is 5.73 Å². The molecule has 2 rings (SSSR count). The highest BCUT2D eigenvalue weighted by molar-refractivity contribution is 7.89. The maximum Gasteiger partial charge on any atom is 0.245 e. The molecule has 0 bridgehead atoms. The van der Waals surface area contributed by atoms with E-state index in [1.165, 1.54) is 16.4 Å². The van der Waals surface area contributed by atoms with Crippen LogP contribution in [0.2, 0.25) is 5.02 Å². The predicted octanol–water partition coefficient (Wildman–Crippen LogP) is 1.46. The third-order valence-electron chi connectivity index (χ3n) is 3.23. The molecule has 1 unspecified atom stereocenters. The number of sulfonamides is 1. The van der Waals surface area contributed by atoms with E-state index >= 15 is 0 Å². The maximum atomic E-state index is 12.5. The third kappa shape index (κ3) is 3.02. The summed E-state index contributed by atoms with van der Waals surface area (Å²) in [5.74, 6) is 0. The lowest BCUT2D eigenvalue weighted by molar-refractivity contribution is 0.00941. The Labute approximate surface area is 118 Å². The second kappa shape index (κ2) is 4.94. The highest BCUT2D eigenvalue weighted by atomic mass is 35.5. The van der Waals surface area contributed by atoms with Crippen molar-refractivity contribution in [2.75, 3.05) is 18.8 Å². The minimum Gasteiger partial charge on any atom is -0.398 e. The van der Waals surface area contributed by atoms with Gasteiger partial charge >= 0.3 is 0 Å². The molecule has 0 radical (unpaired) electrons. The van der Waals surface area contributed by atoms with Crippen LogP contribution in [0.25, 0.3) is 0 Å². The minimum absolute atomic E-state index is 0.00213. The van der Waals surface area contributed by atoms with Gasteiger partial charge in [0.05, 0.1) is 11.3 Å². The standard InChI is InChI=1S/C12H17ClN2O3S/c1-12(16)5-2-6-15(8-12)19(17,18)11-7-9(13)3-4-10(11)14/h3-4,7,16H,2,5-6,8,14H2,1H3. The number of rotatable bonds is 2. The van der Waals surface area contributed by atoms with Crippen LogP contribution in [0.3, 0.4) is 0 Å². The van der Waals surface area contributed by atoms with Gasteiger partial charge in [0.1, 0.15) is 4.90 Å². The molecule has 0 aromatic heterocycles. The van der Waals surface area contributed by atoms with Gasteiger partial charge in [-0.05, 0) is 38.0 Å². The normalized spacial score (nSPS) is 25.4. The molecule has 0 amide bonds. The summed E-state index contributed by atoms with van der Waals surface area (Å²) >= 11 is 5.83. The van der Waals surface area contributed by atoms with E-state index in [4.69, 9.17) is 17.3 Å². The molecule has 3 N–H and O–H groups in total. The Morgan fingerprint density at radius 1 is 1.47 bits per heavy atom. The lowest BCUT2D eigenvalue weighted by atomic mass is 9.97. The summed E-state index contributed by atoms with van der Waals surface area (Å²) in [5, 5.41) is 10.3. The van der Waals surface area contributed by atoms with Crippen molar-refractivity contribution in [3.63, 3.8) is 0 Å². The third-order valence-corrected chi connectivity index (χ3v) is 5.37. The number of halogens is 1. The summed E-state index contributed by atoms with van der Waals surface area (Å²) in [4.78, 5) is -0.00213. The van der Waals surface area contributed by atoms with Gasteiger partial charge in [0.25, 0.3) is 0 Å². The van der Waals surface area contributed by atoms with Gasteiger partial charge in [0.15, 0.2) is 0 Å². The molecule has 0 saturated carbocycles. The Hall–Kier alpha value is -0.820. The Morgan fingerprint density at radius 3 is 2.79 bits per heavy atom. The van der Waals surface area contributed by atoms with E-state index in [1.54, 1.807) is 13.0 Å². The average Bonchev–Trinajstić information content (AvgIpc) is 2.31. The zero-order chi connectivity index (χ0) is 14.3. The van der Waals surface area contributed by atoms with Crippen LogP contribution >= 0.6 is 11.6 Å². The lowest BCUT2D eigenvalue weighted by Gasteiger charge is -2.36. The molecule has 1 aliphatic rings. The summed E-state index contributed by atoms with van der Waals surface area (Å²) in [7, 11) is -3.72. The zero-order valence-electron chi connectivity index (χ0n) is 10.6. The van der Waals surface area contributed by atoms with Crippen molar-refractivity contribution in [3.05, 3.63) is 23.2 Å². The second-order valence-electron chi connectivity index (χ2n) is 5.12. The van der Waals surface area contributed by atoms with Crippen LogP contribution in [0.1, 0.15) is 19.8 Å². The first-order valence-electron chi connectivity index (χ1n) is 6.00. The number of nitrogens with two attached hydrogens (primary N) is 1. The number of β-amino-alcohol motifs (C(OH)–C–C–N with tert-alkyl or cyclic N) is 1. The Bertz CT molecular complexity index is 587. The van der Waals surface area contributed by atoms with Crippen LogP contribution in [0.15, 0.2) is 23.1 Å². The first kappa shape index (κ1) is 14.6. The zero-order valence-corrected chi connectivity index (χ0v) is 12.2. The second-order valence-corrected chi connectivity index (χ2v) is 7.46. The van der Waals surface area contributed by atoms with Gasteiger partial charge in [-0.1, -0.05) is 11.6 Å². The van der Waals surface area contributed by atoms with Crippen molar-refractivity contribution in [3.8, 4) is 0 Å². The quantitative estimate of drug-likeness (QED) is 0.810.